The molecular weight excluding hydrogens is 248 g/mol. The molecule has 1 atom stereocenters. The Labute approximate surface area is 122 Å². The summed E-state index contributed by atoms with van der Waals surface area (Å²) in [6, 6.07) is 0. The largest absolute Gasteiger partial charge is 0.334 e. The average Bonchev–Trinajstić information content (AvgIpc) is 3.11. The molecule has 0 bridgehead atoms. The number of rotatable bonds is 5. The molecule has 0 saturated carbocycles. The minimum Gasteiger partial charge on any atom is -0.334 e. The molecule has 1 aromatic rings. The first kappa shape index (κ1) is 14.1. The first-order valence-electron chi connectivity index (χ1n) is 8.26. The molecule has 0 radical (unpaired) electrons. The van der Waals surface area contributed by atoms with Gasteiger partial charge in [-0.1, -0.05) is 6.92 Å². The zero-order valence-corrected chi connectivity index (χ0v) is 12.7. The maximum atomic E-state index is 4.41. The third-order valence-corrected chi connectivity index (χ3v) is 4.78. The van der Waals surface area contributed by atoms with Crippen molar-refractivity contribution in [3.8, 4) is 0 Å². The molecule has 20 heavy (non-hydrogen) atoms. The van der Waals surface area contributed by atoms with E-state index in [1.807, 2.05) is 6.33 Å². The predicted molar refractivity (Wildman–Crippen MR) is 81.9 cm³/mol. The Morgan fingerprint density at radius 1 is 1.25 bits per heavy atom. The Bertz CT molecular complexity index is 402. The summed E-state index contributed by atoms with van der Waals surface area (Å²) in [5.41, 5.74) is 1.46. The Hall–Kier alpha value is -0.870. The molecule has 0 aromatic carbocycles. The monoisotopic (exact) mass is 276 g/mol. The number of imidazole rings is 1. The van der Waals surface area contributed by atoms with Crippen molar-refractivity contribution < 1.29 is 0 Å². The van der Waals surface area contributed by atoms with Gasteiger partial charge in [0.05, 0.1) is 6.33 Å². The SMILES string of the molecule is CC(CN1CCCC1)Cn1cncc1C1CCNCC1. The van der Waals surface area contributed by atoms with Gasteiger partial charge in [0.25, 0.3) is 0 Å². The molecule has 2 saturated heterocycles. The number of nitrogens with zero attached hydrogens (tertiary/aromatic N) is 3. The third-order valence-electron chi connectivity index (χ3n) is 4.78. The molecular formula is C16H28N4. The number of hydrogen-bond donors (Lipinski definition) is 1. The molecule has 1 aromatic heterocycles. The molecule has 2 aliphatic heterocycles. The highest BCUT2D eigenvalue weighted by atomic mass is 15.1. The van der Waals surface area contributed by atoms with Gasteiger partial charge in [0.2, 0.25) is 0 Å². The topological polar surface area (TPSA) is 33.1 Å². The van der Waals surface area contributed by atoms with Gasteiger partial charge in [-0.3, -0.25) is 0 Å². The minimum atomic E-state index is 0.706. The summed E-state index contributed by atoms with van der Waals surface area (Å²) in [6.45, 7) is 9.65. The summed E-state index contributed by atoms with van der Waals surface area (Å²) < 4.78 is 2.41. The summed E-state index contributed by atoms with van der Waals surface area (Å²) in [5, 5.41) is 3.45. The summed E-state index contributed by atoms with van der Waals surface area (Å²) in [6.07, 6.45) is 9.42. The van der Waals surface area contributed by atoms with Crippen LogP contribution in [0.2, 0.25) is 0 Å². The molecule has 3 rings (SSSR count). The van der Waals surface area contributed by atoms with Crippen LogP contribution < -0.4 is 5.32 Å². The normalized spacial score (nSPS) is 23.2. The number of hydrogen-bond acceptors (Lipinski definition) is 3. The summed E-state index contributed by atoms with van der Waals surface area (Å²) in [4.78, 5) is 7.03. The first-order chi connectivity index (χ1) is 9.83. The summed E-state index contributed by atoms with van der Waals surface area (Å²) in [5.74, 6) is 1.42. The molecule has 0 aliphatic carbocycles. The maximum absolute atomic E-state index is 4.41. The van der Waals surface area contributed by atoms with Gasteiger partial charge in [-0.15, -0.1) is 0 Å². The Kier molecular flexibility index (Phi) is 4.73. The van der Waals surface area contributed by atoms with Crippen LogP contribution in [0.15, 0.2) is 12.5 Å². The van der Waals surface area contributed by atoms with Crippen molar-refractivity contribution in [3.05, 3.63) is 18.2 Å². The standard InChI is InChI=1S/C16H28N4/c1-14(11-19-8-2-3-9-19)12-20-13-18-10-16(20)15-4-6-17-7-5-15/h10,13-15,17H,2-9,11-12H2,1H3. The lowest BCUT2D eigenvalue weighted by Crippen LogP contribution is -2.30. The van der Waals surface area contributed by atoms with Crippen molar-refractivity contribution in [2.75, 3.05) is 32.7 Å². The molecule has 1 N–H and O–H groups in total. The quantitative estimate of drug-likeness (QED) is 0.894. The van der Waals surface area contributed by atoms with E-state index in [0.717, 1.165) is 19.6 Å². The first-order valence-corrected chi connectivity index (χ1v) is 8.26. The van der Waals surface area contributed by atoms with E-state index in [1.165, 1.54) is 51.0 Å². The lowest BCUT2D eigenvalue weighted by atomic mass is 9.95. The number of likely N-dealkylation sites (tertiary alicyclic amines) is 1. The van der Waals surface area contributed by atoms with Crippen LogP contribution in [-0.2, 0) is 6.54 Å². The average molecular weight is 276 g/mol. The van der Waals surface area contributed by atoms with Crippen molar-refractivity contribution >= 4 is 0 Å². The van der Waals surface area contributed by atoms with Crippen LogP contribution in [0.3, 0.4) is 0 Å². The predicted octanol–water partition coefficient (Wildman–Crippen LogP) is 2.08. The van der Waals surface area contributed by atoms with Crippen LogP contribution in [0.25, 0.3) is 0 Å². The highest BCUT2D eigenvalue weighted by Crippen LogP contribution is 2.25. The van der Waals surface area contributed by atoms with Gasteiger partial charge in [-0.05, 0) is 57.8 Å². The fourth-order valence-corrected chi connectivity index (χ4v) is 3.74. The summed E-state index contributed by atoms with van der Waals surface area (Å²) in [7, 11) is 0. The number of aromatic nitrogens is 2. The van der Waals surface area contributed by atoms with Crippen LogP contribution in [0.4, 0.5) is 0 Å². The minimum absolute atomic E-state index is 0.706. The second-order valence-corrected chi connectivity index (χ2v) is 6.61. The number of nitrogens with one attached hydrogen (secondary N) is 1. The number of piperidine rings is 1. The fourth-order valence-electron chi connectivity index (χ4n) is 3.74. The van der Waals surface area contributed by atoms with Gasteiger partial charge in [0.1, 0.15) is 0 Å². The van der Waals surface area contributed by atoms with E-state index < -0.39 is 0 Å². The Balaban J connectivity index is 1.57. The van der Waals surface area contributed by atoms with E-state index >= 15 is 0 Å². The van der Waals surface area contributed by atoms with Crippen LogP contribution in [0, 0.1) is 5.92 Å². The van der Waals surface area contributed by atoms with Gasteiger partial charge < -0.3 is 14.8 Å². The molecule has 2 fully saturated rings. The lowest BCUT2D eigenvalue weighted by molar-refractivity contribution is 0.269. The second kappa shape index (κ2) is 6.72. The van der Waals surface area contributed by atoms with Crippen LogP contribution in [0.1, 0.15) is 44.2 Å². The van der Waals surface area contributed by atoms with E-state index in [1.54, 1.807) is 0 Å². The highest BCUT2D eigenvalue weighted by molar-refractivity contribution is 5.08. The van der Waals surface area contributed by atoms with E-state index in [9.17, 15) is 0 Å². The van der Waals surface area contributed by atoms with Gasteiger partial charge in [0.15, 0.2) is 0 Å². The summed E-state index contributed by atoms with van der Waals surface area (Å²) >= 11 is 0. The van der Waals surface area contributed by atoms with Crippen molar-refractivity contribution in [1.29, 1.82) is 0 Å². The third kappa shape index (κ3) is 3.41. The van der Waals surface area contributed by atoms with Crippen molar-refractivity contribution in [1.82, 2.24) is 19.8 Å². The molecule has 1 unspecified atom stereocenters. The van der Waals surface area contributed by atoms with E-state index in [2.05, 4.69) is 32.9 Å². The zero-order chi connectivity index (χ0) is 13.8. The molecule has 112 valence electrons. The van der Waals surface area contributed by atoms with Crippen LogP contribution in [-0.4, -0.2) is 47.2 Å². The van der Waals surface area contributed by atoms with Gasteiger partial charge in [-0.2, -0.15) is 0 Å². The molecule has 4 nitrogen and oxygen atoms in total. The highest BCUT2D eigenvalue weighted by Gasteiger charge is 2.20. The zero-order valence-electron chi connectivity index (χ0n) is 12.7. The van der Waals surface area contributed by atoms with E-state index in [0.29, 0.717) is 11.8 Å². The van der Waals surface area contributed by atoms with Crippen molar-refractivity contribution in [3.63, 3.8) is 0 Å². The molecule has 4 heteroatoms. The lowest BCUT2D eigenvalue weighted by Gasteiger charge is -2.26. The smallest absolute Gasteiger partial charge is 0.0948 e. The molecule has 3 heterocycles. The van der Waals surface area contributed by atoms with Crippen molar-refractivity contribution in [2.45, 2.75) is 45.1 Å². The molecule has 2 aliphatic rings. The van der Waals surface area contributed by atoms with Crippen LogP contribution >= 0.6 is 0 Å². The molecule has 0 amide bonds. The van der Waals surface area contributed by atoms with E-state index in [4.69, 9.17) is 0 Å². The molecule has 0 spiro atoms. The van der Waals surface area contributed by atoms with Crippen molar-refractivity contribution in [2.24, 2.45) is 5.92 Å². The Morgan fingerprint density at radius 2 is 2.00 bits per heavy atom. The van der Waals surface area contributed by atoms with Crippen LogP contribution in [0.5, 0.6) is 0 Å². The van der Waals surface area contributed by atoms with E-state index in [-0.39, 0.29) is 0 Å². The Morgan fingerprint density at radius 3 is 2.75 bits per heavy atom. The fraction of sp³-hybridized carbons (Fsp3) is 0.812. The van der Waals surface area contributed by atoms with Gasteiger partial charge in [0, 0.05) is 30.9 Å². The van der Waals surface area contributed by atoms with Gasteiger partial charge in [-0.25, -0.2) is 4.98 Å². The maximum Gasteiger partial charge on any atom is 0.0948 e. The van der Waals surface area contributed by atoms with Gasteiger partial charge >= 0.3 is 0 Å². The second-order valence-electron chi connectivity index (χ2n) is 6.61.